The van der Waals surface area contributed by atoms with Crippen LogP contribution in [-0.2, 0) is 24.9 Å². The van der Waals surface area contributed by atoms with Gasteiger partial charge in [-0.15, -0.1) is 0 Å². The van der Waals surface area contributed by atoms with Crippen LogP contribution in [0.25, 0.3) is 0 Å². The topological polar surface area (TPSA) is 90.9 Å². The number of ether oxygens (including phenoxy) is 1. The van der Waals surface area contributed by atoms with Gasteiger partial charge in [0.2, 0.25) is 0 Å². The number of aryl methyl sites for hydroxylation is 1. The van der Waals surface area contributed by atoms with E-state index in [2.05, 4.69) is 20.4 Å². The molecule has 0 bridgehead atoms. The largest absolute Gasteiger partial charge is 0.384 e. The van der Waals surface area contributed by atoms with Crippen molar-refractivity contribution in [2.75, 3.05) is 18.2 Å². The van der Waals surface area contributed by atoms with Crippen LogP contribution >= 0.6 is 0 Å². The molecule has 0 aromatic carbocycles. The van der Waals surface area contributed by atoms with Crippen LogP contribution in [0.4, 0.5) is 11.6 Å². The summed E-state index contributed by atoms with van der Waals surface area (Å²) in [5.41, 5.74) is 6.63. The summed E-state index contributed by atoms with van der Waals surface area (Å²) in [5.74, 6) is 1.64. The second kappa shape index (κ2) is 5.46. The van der Waals surface area contributed by atoms with E-state index in [1.165, 1.54) is 0 Å². The predicted octanol–water partition coefficient (Wildman–Crippen LogP) is 0.551. The first-order valence-corrected chi connectivity index (χ1v) is 5.52. The lowest BCUT2D eigenvalue weighted by molar-refractivity contribution is 0.178. The van der Waals surface area contributed by atoms with Crippen LogP contribution in [0.1, 0.15) is 11.5 Å². The lowest BCUT2D eigenvalue weighted by Gasteiger charge is -2.06. The molecule has 0 radical (unpaired) electrons. The normalized spacial score (nSPS) is 10.6. The number of hydrogen-bond donors (Lipinski definition) is 2. The number of aromatic nitrogens is 4. The third kappa shape index (κ3) is 3.17. The van der Waals surface area contributed by atoms with Crippen molar-refractivity contribution in [3.8, 4) is 0 Å². The summed E-state index contributed by atoms with van der Waals surface area (Å²) in [7, 11) is 3.47. The SMILES string of the molecule is COCc1nc(N)cc(NCc2ccn(C)n2)n1. The highest BCUT2D eigenvalue weighted by Crippen LogP contribution is 2.10. The molecule has 0 fully saturated rings. The number of nitrogens with zero attached hydrogens (tertiary/aromatic N) is 4. The van der Waals surface area contributed by atoms with Crippen LogP contribution in [0.5, 0.6) is 0 Å². The number of nitrogen functional groups attached to an aromatic ring is 1. The number of anilines is 2. The third-order valence-electron chi connectivity index (χ3n) is 2.29. The highest BCUT2D eigenvalue weighted by molar-refractivity contribution is 5.44. The van der Waals surface area contributed by atoms with Gasteiger partial charge in [0, 0.05) is 26.4 Å². The molecule has 3 N–H and O–H groups in total. The lowest BCUT2D eigenvalue weighted by atomic mass is 10.4. The minimum absolute atomic E-state index is 0.337. The molecule has 0 aliphatic heterocycles. The van der Waals surface area contributed by atoms with Crippen LogP contribution in [0, 0.1) is 0 Å². The molecule has 0 aliphatic carbocycles. The first kappa shape index (κ1) is 12.3. The highest BCUT2D eigenvalue weighted by atomic mass is 16.5. The first-order valence-electron chi connectivity index (χ1n) is 5.52. The minimum atomic E-state index is 0.337. The fraction of sp³-hybridized carbons (Fsp3) is 0.364. The van der Waals surface area contributed by atoms with E-state index in [1.807, 2.05) is 19.3 Å². The molecular formula is C11H16N6O. The van der Waals surface area contributed by atoms with Gasteiger partial charge in [-0.25, -0.2) is 9.97 Å². The highest BCUT2D eigenvalue weighted by Gasteiger charge is 2.03. The molecule has 0 atom stereocenters. The summed E-state index contributed by atoms with van der Waals surface area (Å²) >= 11 is 0. The quantitative estimate of drug-likeness (QED) is 0.803. The average Bonchev–Trinajstić information content (AvgIpc) is 2.72. The molecule has 7 heteroatoms. The fourth-order valence-electron chi connectivity index (χ4n) is 1.54. The molecule has 0 saturated carbocycles. The van der Waals surface area contributed by atoms with E-state index in [9.17, 15) is 0 Å². The van der Waals surface area contributed by atoms with Crippen molar-refractivity contribution in [2.45, 2.75) is 13.2 Å². The van der Waals surface area contributed by atoms with Crippen molar-refractivity contribution in [2.24, 2.45) is 7.05 Å². The standard InChI is InChI=1S/C11H16N6O/c1-17-4-3-8(16-17)6-13-10-5-9(12)14-11(15-10)7-18-2/h3-5H,6-7H2,1-2H3,(H3,12,13,14,15). The van der Waals surface area contributed by atoms with Crippen LogP contribution in [0.3, 0.4) is 0 Å². The molecule has 2 rings (SSSR count). The first-order chi connectivity index (χ1) is 8.67. The van der Waals surface area contributed by atoms with E-state index in [-0.39, 0.29) is 0 Å². The van der Waals surface area contributed by atoms with E-state index < -0.39 is 0 Å². The molecule has 0 aliphatic rings. The Labute approximate surface area is 105 Å². The second-order valence-electron chi connectivity index (χ2n) is 3.86. The second-order valence-corrected chi connectivity index (χ2v) is 3.86. The van der Waals surface area contributed by atoms with Gasteiger partial charge in [-0.1, -0.05) is 0 Å². The number of nitrogens with two attached hydrogens (primary N) is 1. The van der Waals surface area contributed by atoms with Gasteiger partial charge in [-0.3, -0.25) is 4.68 Å². The number of rotatable bonds is 5. The van der Waals surface area contributed by atoms with Crippen molar-refractivity contribution < 1.29 is 4.74 Å². The fourth-order valence-corrected chi connectivity index (χ4v) is 1.54. The molecule has 7 nitrogen and oxygen atoms in total. The van der Waals surface area contributed by atoms with Gasteiger partial charge in [0.1, 0.15) is 18.2 Å². The van der Waals surface area contributed by atoms with E-state index in [0.29, 0.717) is 30.6 Å². The van der Waals surface area contributed by atoms with Crippen molar-refractivity contribution in [1.82, 2.24) is 19.7 Å². The Morgan fingerprint density at radius 3 is 2.94 bits per heavy atom. The molecule has 0 spiro atoms. The van der Waals surface area contributed by atoms with Gasteiger partial charge >= 0.3 is 0 Å². The smallest absolute Gasteiger partial charge is 0.158 e. The summed E-state index contributed by atoms with van der Waals surface area (Å²) in [6.07, 6.45) is 1.89. The van der Waals surface area contributed by atoms with Gasteiger partial charge in [0.25, 0.3) is 0 Å². The van der Waals surface area contributed by atoms with Crippen molar-refractivity contribution in [3.05, 3.63) is 29.8 Å². The maximum Gasteiger partial charge on any atom is 0.158 e. The molecule has 2 heterocycles. The van der Waals surface area contributed by atoms with Crippen molar-refractivity contribution in [1.29, 1.82) is 0 Å². The Hall–Kier alpha value is -2.15. The molecule has 18 heavy (non-hydrogen) atoms. The summed E-state index contributed by atoms with van der Waals surface area (Å²) in [6.45, 7) is 0.924. The number of nitrogens with one attached hydrogen (secondary N) is 1. The Morgan fingerprint density at radius 1 is 1.44 bits per heavy atom. The monoisotopic (exact) mass is 248 g/mol. The maximum atomic E-state index is 5.70. The van der Waals surface area contributed by atoms with Crippen LogP contribution < -0.4 is 11.1 Å². The van der Waals surface area contributed by atoms with E-state index in [1.54, 1.807) is 17.9 Å². The van der Waals surface area contributed by atoms with Crippen molar-refractivity contribution in [3.63, 3.8) is 0 Å². The molecule has 0 amide bonds. The summed E-state index contributed by atoms with van der Waals surface area (Å²) < 4.78 is 6.73. The van der Waals surface area contributed by atoms with Crippen molar-refractivity contribution >= 4 is 11.6 Å². The Morgan fingerprint density at radius 2 is 2.28 bits per heavy atom. The van der Waals surface area contributed by atoms with E-state index in [0.717, 1.165) is 5.69 Å². The van der Waals surface area contributed by atoms with Gasteiger partial charge in [-0.05, 0) is 6.07 Å². The molecule has 2 aromatic rings. The maximum absolute atomic E-state index is 5.70. The molecule has 2 aromatic heterocycles. The lowest BCUT2D eigenvalue weighted by Crippen LogP contribution is -2.07. The Kier molecular flexibility index (Phi) is 3.73. The van der Waals surface area contributed by atoms with Gasteiger partial charge in [0.05, 0.1) is 12.2 Å². The minimum Gasteiger partial charge on any atom is -0.384 e. The summed E-state index contributed by atoms with van der Waals surface area (Å²) in [6, 6.07) is 3.62. The third-order valence-corrected chi connectivity index (χ3v) is 2.29. The zero-order valence-corrected chi connectivity index (χ0v) is 10.4. The molecule has 0 unspecified atom stereocenters. The van der Waals surface area contributed by atoms with Crippen LogP contribution in [-0.4, -0.2) is 26.9 Å². The molecular weight excluding hydrogens is 232 g/mol. The average molecular weight is 248 g/mol. The summed E-state index contributed by atoms with van der Waals surface area (Å²) in [4.78, 5) is 8.35. The van der Waals surface area contributed by atoms with Gasteiger partial charge in [0.15, 0.2) is 5.82 Å². The van der Waals surface area contributed by atoms with E-state index >= 15 is 0 Å². The van der Waals surface area contributed by atoms with Crippen LogP contribution in [0.2, 0.25) is 0 Å². The predicted molar refractivity (Wildman–Crippen MR) is 67.7 cm³/mol. The van der Waals surface area contributed by atoms with Crippen LogP contribution in [0.15, 0.2) is 18.3 Å². The van der Waals surface area contributed by atoms with Gasteiger partial charge in [-0.2, -0.15) is 5.10 Å². The molecule has 96 valence electrons. The Balaban J connectivity index is 2.04. The zero-order chi connectivity index (χ0) is 13.0. The number of methoxy groups -OCH3 is 1. The number of hydrogen-bond acceptors (Lipinski definition) is 6. The zero-order valence-electron chi connectivity index (χ0n) is 10.4. The van der Waals surface area contributed by atoms with Gasteiger partial charge < -0.3 is 15.8 Å². The summed E-state index contributed by atoms with van der Waals surface area (Å²) in [5, 5.41) is 7.41. The molecule has 0 saturated heterocycles. The Bertz CT molecular complexity index is 524. The van der Waals surface area contributed by atoms with E-state index in [4.69, 9.17) is 10.5 Å².